The first kappa shape index (κ1) is 28.1. The zero-order valence-corrected chi connectivity index (χ0v) is 21.4. The molecule has 0 aromatic carbocycles. The number of unbranched alkanes of at least 4 members (excludes halogenated alkanes) is 19. The van der Waals surface area contributed by atoms with Crippen molar-refractivity contribution in [1.29, 1.82) is 0 Å². The number of ether oxygens (including phenoxy) is 3. The maximum atomic E-state index is 9.85. The quantitative estimate of drug-likeness (QED) is 0.134. The molecule has 2 aliphatic heterocycles. The lowest BCUT2D eigenvalue weighted by Crippen LogP contribution is -2.44. The summed E-state index contributed by atoms with van der Waals surface area (Å²) in [6, 6.07) is 0. The molecule has 2 saturated heterocycles. The Balaban J connectivity index is 1.21. The third kappa shape index (κ3) is 12.3. The molecule has 0 amide bonds. The van der Waals surface area contributed by atoms with E-state index in [4.69, 9.17) is 14.2 Å². The van der Waals surface area contributed by atoms with Gasteiger partial charge in [-0.2, -0.15) is 0 Å². The zero-order chi connectivity index (χ0) is 22.9. The summed E-state index contributed by atoms with van der Waals surface area (Å²) < 4.78 is 17.0. The Labute approximate surface area is 199 Å². The standard InChI is InChI=1S/C28H54O4/c1-3-4-5-6-7-8-9-10-11-12-13-14-15-16-17-18-19-20-21-22-23-30-28-27-26(32-27)25(29)24(2)31-28/h24-29H,3-23H2,1-2H3/t24-,25-,26+,27+,28+/m0/s1. The molecule has 0 radical (unpaired) electrons. The Kier molecular flexibility index (Phi) is 16.0. The predicted molar refractivity (Wildman–Crippen MR) is 133 cm³/mol. The van der Waals surface area contributed by atoms with Crippen molar-refractivity contribution in [3.8, 4) is 0 Å². The molecule has 0 unspecified atom stereocenters. The fraction of sp³-hybridized carbons (Fsp3) is 1.00. The van der Waals surface area contributed by atoms with Crippen molar-refractivity contribution < 1.29 is 19.3 Å². The van der Waals surface area contributed by atoms with Gasteiger partial charge in [0, 0.05) is 6.61 Å². The molecule has 2 aliphatic rings. The van der Waals surface area contributed by atoms with Crippen molar-refractivity contribution in [2.24, 2.45) is 0 Å². The van der Waals surface area contributed by atoms with Gasteiger partial charge in [-0.25, -0.2) is 0 Å². The van der Waals surface area contributed by atoms with Gasteiger partial charge in [-0.15, -0.1) is 0 Å². The van der Waals surface area contributed by atoms with E-state index in [1.165, 1.54) is 122 Å². The van der Waals surface area contributed by atoms with Crippen molar-refractivity contribution in [2.75, 3.05) is 6.61 Å². The number of hydrogen-bond acceptors (Lipinski definition) is 4. The summed E-state index contributed by atoms with van der Waals surface area (Å²) in [5.41, 5.74) is 0. The third-order valence-electron chi connectivity index (χ3n) is 7.28. The van der Waals surface area contributed by atoms with Crippen molar-refractivity contribution in [1.82, 2.24) is 0 Å². The van der Waals surface area contributed by atoms with E-state index in [1.807, 2.05) is 6.92 Å². The van der Waals surface area contributed by atoms with Crippen LogP contribution in [0, 0.1) is 0 Å². The Morgan fingerprint density at radius 3 is 1.41 bits per heavy atom. The molecule has 0 bridgehead atoms. The van der Waals surface area contributed by atoms with Crippen molar-refractivity contribution in [3.63, 3.8) is 0 Å². The van der Waals surface area contributed by atoms with Gasteiger partial charge in [-0.3, -0.25) is 0 Å². The minimum Gasteiger partial charge on any atom is -0.388 e. The lowest BCUT2D eigenvalue weighted by molar-refractivity contribution is -0.206. The maximum Gasteiger partial charge on any atom is 0.186 e. The van der Waals surface area contributed by atoms with Gasteiger partial charge in [0.2, 0.25) is 0 Å². The second-order valence-corrected chi connectivity index (χ2v) is 10.4. The molecule has 2 heterocycles. The van der Waals surface area contributed by atoms with Crippen LogP contribution in [0.4, 0.5) is 0 Å². The van der Waals surface area contributed by atoms with Crippen LogP contribution in [0.2, 0.25) is 0 Å². The molecule has 0 spiro atoms. The predicted octanol–water partition coefficient (Wildman–Crippen LogP) is 7.70. The van der Waals surface area contributed by atoms with E-state index in [0.717, 1.165) is 13.0 Å². The Bertz CT molecular complexity index is 428. The third-order valence-corrected chi connectivity index (χ3v) is 7.28. The summed E-state index contributed by atoms with van der Waals surface area (Å²) in [5, 5.41) is 9.85. The first-order chi connectivity index (χ1) is 15.7. The molecule has 0 aromatic heterocycles. The van der Waals surface area contributed by atoms with Crippen LogP contribution < -0.4 is 0 Å². The van der Waals surface area contributed by atoms with Gasteiger partial charge < -0.3 is 19.3 Å². The smallest absolute Gasteiger partial charge is 0.186 e. The van der Waals surface area contributed by atoms with Crippen LogP contribution in [-0.2, 0) is 14.2 Å². The lowest BCUT2D eigenvalue weighted by atomic mass is 10.0. The first-order valence-corrected chi connectivity index (χ1v) is 14.3. The number of epoxide rings is 1. The summed E-state index contributed by atoms with van der Waals surface area (Å²) >= 11 is 0. The van der Waals surface area contributed by atoms with Crippen molar-refractivity contribution >= 4 is 0 Å². The topological polar surface area (TPSA) is 51.2 Å². The Morgan fingerprint density at radius 1 is 0.562 bits per heavy atom. The van der Waals surface area contributed by atoms with Crippen LogP contribution in [0.25, 0.3) is 0 Å². The minimum absolute atomic E-state index is 0.0497. The summed E-state index contributed by atoms with van der Waals surface area (Å²) in [4.78, 5) is 0. The van der Waals surface area contributed by atoms with Gasteiger partial charge >= 0.3 is 0 Å². The number of rotatable bonds is 22. The highest BCUT2D eigenvalue weighted by Crippen LogP contribution is 2.37. The van der Waals surface area contributed by atoms with E-state index in [0.29, 0.717) is 0 Å². The average molecular weight is 455 g/mol. The van der Waals surface area contributed by atoms with Gasteiger partial charge in [0.25, 0.3) is 0 Å². The molecule has 190 valence electrons. The van der Waals surface area contributed by atoms with Crippen LogP contribution in [0.5, 0.6) is 0 Å². The van der Waals surface area contributed by atoms with Crippen molar-refractivity contribution in [2.45, 2.75) is 173 Å². The molecule has 0 aliphatic carbocycles. The van der Waals surface area contributed by atoms with Crippen molar-refractivity contribution in [3.05, 3.63) is 0 Å². The van der Waals surface area contributed by atoms with Crippen LogP contribution in [-0.4, -0.2) is 42.4 Å². The lowest BCUT2D eigenvalue weighted by Gasteiger charge is -2.28. The molecular formula is C28H54O4. The van der Waals surface area contributed by atoms with Crippen LogP contribution in [0.1, 0.15) is 142 Å². The summed E-state index contributed by atoms with van der Waals surface area (Å²) in [6.07, 6.45) is 26.9. The molecular weight excluding hydrogens is 400 g/mol. The number of fused-ring (bicyclic) bond motifs is 1. The van der Waals surface area contributed by atoms with Gasteiger partial charge in [-0.1, -0.05) is 129 Å². The second kappa shape index (κ2) is 18.2. The molecule has 2 rings (SSSR count). The summed E-state index contributed by atoms with van der Waals surface area (Å²) in [7, 11) is 0. The van der Waals surface area contributed by atoms with Crippen LogP contribution >= 0.6 is 0 Å². The molecule has 2 fully saturated rings. The number of aliphatic hydroxyl groups is 1. The van der Waals surface area contributed by atoms with E-state index >= 15 is 0 Å². The molecule has 0 saturated carbocycles. The first-order valence-electron chi connectivity index (χ1n) is 14.3. The van der Waals surface area contributed by atoms with Crippen LogP contribution in [0.15, 0.2) is 0 Å². The average Bonchev–Trinajstić information content (AvgIpc) is 3.59. The highest BCUT2D eigenvalue weighted by atomic mass is 16.7. The molecule has 4 heteroatoms. The maximum absolute atomic E-state index is 9.85. The fourth-order valence-corrected chi connectivity index (χ4v) is 4.96. The van der Waals surface area contributed by atoms with Crippen LogP contribution in [0.3, 0.4) is 0 Å². The van der Waals surface area contributed by atoms with Gasteiger partial charge in [0.15, 0.2) is 6.29 Å². The highest BCUT2D eigenvalue weighted by molar-refractivity contribution is 4.99. The SMILES string of the molecule is CCCCCCCCCCCCCCCCCCCCCCO[C@@H]1O[C@@H](C)[C@H](O)[C@H]2O[C@@H]12. The molecule has 0 aromatic rings. The van der Waals surface area contributed by atoms with E-state index in [1.54, 1.807) is 0 Å². The normalized spacial score (nSPS) is 26.9. The monoisotopic (exact) mass is 454 g/mol. The second-order valence-electron chi connectivity index (χ2n) is 10.4. The fourth-order valence-electron chi connectivity index (χ4n) is 4.96. The van der Waals surface area contributed by atoms with E-state index in [2.05, 4.69) is 6.92 Å². The zero-order valence-electron chi connectivity index (χ0n) is 21.4. The molecule has 5 atom stereocenters. The molecule has 32 heavy (non-hydrogen) atoms. The van der Waals surface area contributed by atoms with Gasteiger partial charge in [0.05, 0.1) is 6.10 Å². The largest absolute Gasteiger partial charge is 0.388 e. The minimum atomic E-state index is -0.500. The highest BCUT2D eigenvalue weighted by Gasteiger charge is 2.56. The van der Waals surface area contributed by atoms with E-state index < -0.39 is 6.10 Å². The number of aliphatic hydroxyl groups excluding tert-OH is 1. The number of hydrogen-bond donors (Lipinski definition) is 1. The Morgan fingerprint density at radius 2 is 0.969 bits per heavy atom. The van der Waals surface area contributed by atoms with E-state index in [9.17, 15) is 5.11 Å². The summed E-state index contributed by atoms with van der Waals surface area (Å²) in [6.45, 7) is 4.91. The Hall–Kier alpha value is -0.160. The van der Waals surface area contributed by atoms with E-state index in [-0.39, 0.29) is 24.6 Å². The molecule has 1 N–H and O–H groups in total. The molecule has 4 nitrogen and oxygen atoms in total. The van der Waals surface area contributed by atoms with Gasteiger partial charge in [0.1, 0.15) is 18.3 Å². The summed E-state index contributed by atoms with van der Waals surface area (Å²) in [5.74, 6) is 0. The van der Waals surface area contributed by atoms with Gasteiger partial charge in [-0.05, 0) is 13.3 Å².